The summed E-state index contributed by atoms with van der Waals surface area (Å²) in [6.45, 7) is 2.44. The Morgan fingerprint density at radius 3 is 2.74 bits per heavy atom. The molecule has 0 aliphatic heterocycles. The Balaban J connectivity index is 1.66. The van der Waals surface area contributed by atoms with E-state index in [1.165, 1.54) is 4.68 Å². The van der Waals surface area contributed by atoms with Gasteiger partial charge in [-0.3, -0.25) is 4.79 Å². The van der Waals surface area contributed by atoms with Crippen molar-refractivity contribution < 1.29 is 18.6 Å². The van der Waals surface area contributed by atoms with Gasteiger partial charge < -0.3 is 18.6 Å². The van der Waals surface area contributed by atoms with Crippen LogP contribution in [0.4, 0.5) is 0 Å². The summed E-state index contributed by atoms with van der Waals surface area (Å²) in [5, 5.41) is 5.74. The molecule has 0 fully saturated rings. The molecule has 9 heteroatoms. The van der Waals surface area contributed by atoms with Gasteiger partial charge in [0.2, 0.25) is 5.82 Å². The van der Waals surface area contributed by atoms with Gasteiger partial charge >= 0.3 is 0 Å². The molecule has 0 spiro atoms. The van der Waals surface area contributed by atoms with Crippen LogP contribution in [0.25, 0.3) is 33.5 Å². The van der Waals surface area contributed by atoms with E-state index < -0.39 is 0 Å². The topological polar surface area (TPSA) is 88.1 Å². The van der Waals surface area contributed by atoms with Crippen molar-refractivity contribution in [3.05, 3.63) is 80.2 Å². The summed E-state index contributed by atoms with van der Waals surface area (Å²) in [4.78, 5) is 18.3. The monoisotopic (exact) mass is 619 g/mol. The molecule has 2 heterocycles. The second kappa shape index (κ2) is 11.0. The summed E-state index contributed by atoms with van der Waals surface area (Å²) < 4.78 is 25.0. The van der Waals surface area contributed by atoms with E-state index in [2.05, 4.69) is 33.6 Å². The molecule has 0 bridgehead atoms. The minimum absolute atomic E-state index is 0.118. The van der Waals surface area contributed by atoms with Gasteiger partial charge in [0, 0.05) is 0 Å². The molecule has 0 atom stereocenters. The third-order valence-electron chi connectivity index (χ3n) is 5.67. The van der Waals surface area contributed by atoms with Gasteiger partial charge in [0.05, 0.1) is 39.8 Å². The van der Waals surface area contributed by atoms with Crippen molar-refractivity contribution in [3.8, 4) is 41.2 Å². The average molecular weight is 619 g/mol. The zero-order valence-corrected chi connectivity index (χ0v) is 22.8. The molecule has 0 radical (unpaired) electrons. The van der Waals surface area contributed by atoms with Crippen molar-refractivity contribution in [3.63, 3.8) is 0 Å². The maximum Gasteiger partial charge on any atom is 0.282 e. The lowest BCUT2D eigenvalue weighted by Crippen LogP contribution is -2.20. The van der Waals surface area contributed by atoms with Crippen molar-refractivity contribution in [2.24, 2.45) is 5.10 Å². The number of halogens is 1. The normalized spacial score (nSPS) is 11.2. The minimum atomic E-state index is -0.331. The first kappa shape index (κ1) is 25.4. The van der Waals surface area contributed by atoms with Gasteiger partial charge in [0.15, 0.2) is 17.3 Å². The van der Waals surface area contributed by atoms with Crippen LogP contribution in [0.2, 0.25) is 0 Å². The summed E-state index contributed by atoms with van der Waals surface area (Å²) in [5.41, 5.74) is 1.51. The van der Waals surface area contributed by atoms with Crippen molar-refractivity contribution in [2.75, 3.05) is 20.3 Å². The van der Waals surface area contributed by atoms with Crippen LogP contribution in [0.5, 0.6) is 17.2 Å². The fraction of sp³-hybridized carbons (Fsp3) is 0.138. The molecule has 8 nitrogen and oxygen atoms in total. The molecule has 0 saturated heterocycles. The van der Waals surface area contributed by atoms with E-state index in [0.29, 0.717) is 51.7 Å². The third kappa shape index (κ3) is 4.82. The lowest BCUT2D eigenvalue weighted by molar-refractivity contribution is 0.298. The fourth-order valence-electron chi connectivity index (χ4n) is 4.02. The van der Waals surface area contributed by atoms with Crippen LogP contribution in [-0.4, -0.2) is 36.2 Å². The lowest BCUT2D eigenvalue weighted by atomic mass is 10.2. The number of hydrogen-bond donors (Lipinski definition) is 0. The smallest absolute Gasteiger partial charge is 0.282 e. The maximum absolute atomic E-state index is 13.6. The molecule has 0 unspecified atom stereocenters. The van der Waals surface area contributed by atoms with Crippen LogP contribution in [0, 0.1) is 15.9 Å². The van der Waals surface area contributed by atoms with Crippen LogP contribution in [0.3, 0.4) is 0 Å². The highest BCUT2D eigenvalue weighted by Crippen LogP contribution is 2.35. The molecule has 5 rings (SSSR count). The highest BCUT2D eigenvalue weighted by atomic mass is 127. The summed E-state index contributed by atoms with van der Waals surface area (Å²) in [6.07, 6.45) is 6.93. The van der Waals surface area contributed by atoms with Gasteiger partial charge in [-0.1, -0.05) is 24.1 Å². The molecular weight excluding hydrogens is 597 g/mol. The first-order valence-corrected chi connectivity index (χ1v) is 12.8. The zero-order chi connectivity index (χ0) is 26.6. The maximum atomic E-state index is 13.6. The first-order chi connectivity index (χ1) is 18.5. The Hall–Kier alpha value is -4.30. The molecule has 2 aromatic heterocycles. The van der Waals surface area contributed by atoms with Crippen molar-refractivity contribution >= 4 is 50.7 Å². The molecule has 38 heavy (non-hydrogen) atoms. The number of terminal acetylenes is 1. The second-order valence-corrected chi connectivity index (χ2v) is 9.21. The summed E-state index contributed by atoms with van der Waals surface area (Å²) in [5.74, 6) is 4.85. The number of rotatable bonds is 8. The number of fused-ring (bicyclic) bond motifs is 2. The molecule has 0 saturated carbocycles. The second-order valence-electron chi connectivity index (χ2n) is 8.05. The van der Waals surface area contributed by atoms with Gasteiger partial charge in [-0.15, -0.1) is 6.42 Å². The molecule has 0 aliphatic rings. The average Bonchev–Trinajstić information content (AvgIpc) is 3.37. The van der Waals surface area contributed by atoms with Gasteiger partial charge in [0.25, 0.3) is 5.56 Å². The Labute approximate surface area is 232 Å². The molecule has 5 aromatic rings. The Morgan fingerprint density at radius 1 is 1.11 bits per heavy atom. The summed E-state index contributed by atoms with van der Waals surface area (Å²) >= 11 is 2.15. The van der Waals surface area contributed by atoms with Crippen molar-refractivity contribution in [2.45, 2.75) is 6.92 Å². The number of methoxy groups -OCH3 is 1. The third-order valence-corrected chi connectivity index (χ3v) is 6.47. The largest absolute Gasteiger partial charge is 0.496 e. The number of benzene rings is 3. The number of nitrogens with zero attached hydrogens (tertiary/aromatic N) is 3. The van der Waals surface area contributed by atoms with Gasteiger partial charge in [-0.05, 0) is 77.5 Å². The van der Waals surface area contributed by atoms with Crippen LogP contribution in [0.15, 0.2) is 75.0 Å². The van der Waals surface area contributed by atoms with E-state index in [1.54, 1.807) is 43.7 Å². The molecule has 0 N–H and O–H groups in total. The fourth-order valence-corrected chi connectivity index (χ4v) is 4.80. The number of aromatic nitrogens is 2. The molecule has 190 valence electrons. The first-order valence-electron chi connectivity index (χ1n) is 11.7. The molecule has 3 aromatic carbocycles. The van der Waals surface area contributed by atoms with Gasteiger partial charge in [0.1, 0.15) is 17.9 Å². The van der Waals surface area contributed by atoms with Crippen LogP contribution >= 0.6 is 22.6 Å². The molecule has 0 amide bonds. The van der Waals surface area contributed by atoms with E-state index >= 15 is 0 Å². The van der Waals surface area contributed by atoms with Crippen LogP contribution < -0.4 is 19.8 Å². The Bertz CT molecular complexity index is 1780. The molecule has 0 aliphatic carbocycles. The Morgan fingerprint density at radius 2 is 1.95 bits per heavy atom. The quantitative estimate of drug-likeness (QED) is 0.126. The molecular formula is C29H22IN3O5. The standard InChI is InChI=1S/C29H22IN3O5/c1-4-13-37-27-21(30)14-18(15-25(27)36-5-2)17-31-33-28(32-22-10-7-6-9-19(22)29(33)34)26-16-20-23(35-3)11-8-12-24(20)38-26/h1,6-12,14-17H,5,13H2,2-3H3. The van der Waals surface area contributed by atoms with Gasteiger partial charge in [-0.25, -0.2) is 4.98 Å². The van der Waals surface area contributed by atoms with Crippen LogP contribution in [-0.2, 0) is 0 Å². The van der Waals surface area contributed by atoms with Crippen LogP contribution in [0.1, 0.15) is 12.5 Å². The number of furan rings is 1. The number of ether oxygens (including phenoxy) is 3. The predicted molar refractivity (Wildman–Crippen MR) is 155 cm³/mol. The summed E-state index contributed by atoms with van der Waals surface area (Å²) in [6, 6.07) is 18.1. The highest BCUT2D eigenvalue weighted by molar-refractivity contribution is 14.1. The van der Waals surface area contributed by atoms with E-state index in [1.807, 2.05) is 37.3 Å². The van der Waals surface area contributed by atoms with E-state index in [-0.39, 0.29) is 18.0 Å². The minimum Gasteiger partial charge on any atom is -0.496 e. The SMILES string of the molecule is C#CCOc1c(I)cc(C=Nn2c(-c3cc4c(OC)cccc4o3)nc3ccccc3c2=O)cc1OCC. The van der Waals surface area contributed by atoms with Crippen molar-refractivity contribution in [1.82, 2.24) is 9.66 Å². The van der Waals surface area contributed by atoms with E-state index in [0.717, 1.165) is 8.96 Å². The van der Waals surface area contributed by atoms with E-state index in [9.17, 15) is 4.79 Å². The van der Waals surface area contributed by atoms with Crippen molar-refractivity contribution in [1.29, 1.82) is 0 Å². The lowest BCUT2D eigenvalue weighted by Gasteiger charge is -2.13. The zero-order valence-electron chi connectivity index (χ0n) is 20.6. The van der Waals surface area contributed by atoms with Gasteiger partial charge in [-0.2, -0.15) is 9.78 Å². The number of hydrogen-bond acceptors (Lipinski definition) is 7. The van der Waals surface area contributed by atoms with E-state index in [4.69, 9.17) is 30.0 Å². The number of para-hydroxylation sites is 1. The Kier molecular flexibility index (Phi) is 7.33. The summed E-state index contributed by atoms with van der Waals surface area (Å²) in [7, 11) is 1.59. The highest BCUT2D eigenvalue weighted by Gasteiger charge is 2.18. The predicted octanol–water partition coefficient (Wildman–Crippen LogP) is 5.72.